The Labute approximate surface area is 133 Å². The summed E-state index contributed by atoms with van der Waals surface area (Å²) in [6, 6.07) is 11.8. The van der Waals surface area contributed by atoms with Gasteiger partial charge in [0.2, 0.25) is 0 Å². The highest BCUT2D eigenvalue weighted by molar-refractivity contribution is 6.32. The first-order valence-electron chi connectivity index (χ1n) is 6.52. The molecule has 0 fully saturated rings. The maximum Gasteiger partial charge on any atom is 0.139 e. The van der Waals surface area contributed by atoms with Crippen LogP contribution in [0.15, 0.2) is 36.4 Å². The predicted molar refractivity (Wildman–Crippen MR) is 86.9 cm³/mol. The Morgan fingerprint density at radius 2 is 2.00 bits per heavy atom. The van der Waals surface area contributed by atoms with E-state index in [9.17, 15) is 0 Å². The first-order valence-corrected chi connectivity index (χ1v) is 7.43. The van der Waals surface area contributed by atoms with Crippen molar-refractivity contribution in [3.8, 4) is 11.4 Å². The Hall–Kier alpha value is -1.71. The molecule has 2 aromatic carbocycles. The number of halogens is 2. The number of hydrogen-bond donors (Lipinski definition) is 0. The van der Waals surface area contributed by atoms with E-state index >= 15 is 0 Å². The van der Waals surface area contributed by atoms with Gasteiger partial charge in [-0.1, -0.05) is 17.7 Å². The lowest BCUT2D eigenvalue weighted by Crippen LogP contribution is -2.00. The molecule has 21 heavy (non-hydrogen) atoms. The van der Waals surface area contributed by atoms with E-state index < -0.39 is 0 Å². The zero-order valence-electron chi connectivity index (χ0n) is 11.7. The van der Waals surface area contributed by atoms with Crippen LogP contribution in [0.2, 0.25) is 5.02 Å². The Kier molecular flexibility index (Phi) is 3.79. The third kappa shape index (κ3) is 2.47. The lowest BCUT2D eigenvalue weighted by Gasteiger charge is -2.11. The third-order valence-electron chi connectivity index (χ3n) is 3.39. The van der Waals surface area contributed by atoms with Crippen LogP contribution in [0.3, 0.4) is 0 Å². The number of imidazole rings is 1. The minimum absolute atomic E-state index is 0.332. The molecule has 0 amide bonds. The molecule has 0 radical (unpaired) electrons. The maximum absolute atomic E-state index is 6.10. The molecule has 0 N–H and O–H groups in total. The molecule has 0 aliphatic heterocycles. The fraction of sp³-hybridized carbons (Fsp3) is 0.188. The van der Waals surface area contributed by atoms with Crippen molar-refractivity contribution in [1.29, 1.82) is 0 Å². The molecule has 3 nitrogen and oxygen atoms in total. The van der Waals surface area contributed by atoms with Gasteiger partial charge in [0.25, 0.3) is 0 Å². The maximum atomic E-state index is 6.10. The molecule has 0 atom stereocenters. The standard InChI is InChI=1S/C16H14Cl2N2O/c1-10-3-6-13-14(7-10)20(16(9-17)19-13)11-4-5-12(18)15(8-11)21-2/h3-8H,9H2,1-2H3. The van der Waals surface area contributed by atoms with Crippen molar-refractivity contribution in [2.24, 2.45) is 0 Å². The van der Waals surface area contributed by atoms with Gasteiger partial charge in [0, 0.05) is 6.07 Å². The van der Waals surface area contributed by atoms with Crippen molar-refractivity contribution in [2.45, 2.75) is 12.8 Å². The SMILES string of the molecule is COc1cc(-n2c(CCl)nc3ccc(C)cc32)ccc1Cl. The molecule has 0 unspecified atom stereocenters. The van der Waals surface area contributed by atoms with E-state index in [2.05, 4.69) is 18.0 Å². The summed E-state index contributed by atoms with van der Waals surface area (Å²) in [5.41, 5.74) is 4.05. The number of hydrogen-bond acceptors (Lipinski definition) is 2. The summed E-state index contributed by atoms with van der Waals surface area (Å²) in [4.78, 5) is 4.58. The van der Waals surface area contributed by atoms with E-state index in [-0.39, 0.29) is 0 Å². The molecule has 108 valence electrons. The largest absolute Gasteiger partial charge is 0.495 e. The molecule has 0 saturated carbocycles. The lowest BCUT2D eigenvalue weighted by atomic mass is 10.2. The number of alkyl halides is 1. The minimum atomic E-state index is 0.332. The van der Waals surface area contributed by atoms with Gasteiger partial charge in [-0.3, -0.25) is 4.57 Å². The lowest BCUT2D eigenvalue weighted by molar-refractivity contribution is 0.415. The summed E-state index contributed by atoms with van der Waals surface area (Å²) in [6.07, 6.45) is 0. The first-order chi connectivity index (χ1) is 10.1. The molecular formula is C16H14Cl2N2O. The monoisotopic (exact) mass is 320 g/mol. The third-order valence-corrected chi connectivity index (χ3v) is 3.94. The van der Waals surface area contributed by atoms with Gasteiger partial charge in [0.05, 0.1) is 34.7 Å². The average Bonchev–Trinajstić information content (AvgIpc) is 2.85. The highest BCUT2D eigenvalue weighted by Crippen LogP contribution is 2.30. The van der Waals surface area contributed by atoms with Gasteiger partial charge in [-0.2, -0.15) is 0 Å². The zero-order valence-corrected chi connectivity index (χ0v) is 13.2. The van der Waals surface area contributed by atoms with Gasteiger partial charge in [-0.05, 0) is 36.8 Å². The van der Waals surface area contributed by atoms with E-state index in [4.69, 9.17) is 27.9 Å². The number of ether oxygens (including phenoxy) is 1. The zero-order chi connectivity index (χ0) is 15.0. The van der Waals surface area contributed by atoms with Crippen LogP contribution in [-0.2, 0) is 5.88 Å². The normalized spacial score (nSPS) is 11.0. The number of benzene rings is 2. The highest BCUT2D eigenvalue weighted by Gasteiger charge is 2.13. The number of rotatable bonds is 3. The number of aromatic nitrogens is 2. The first kappa shape index (κ1) is 14.2. The summed E-state index contributed by atoms with van der Waals surface area (Å²) in [5, 5.41) is 0.578. The highest BCUT2D eigenvalue weighted by atomic mass is 35.5. The Bertz CT molecular complexity index is 811. The summed E-state index contributed by atoms with van der Waals surface area (Å²) in [5.74, 6) is 1.75. The number of aryl methyl sites for hydroxylation is 1. The second-order valence-corrected chi connectivity index (χ2v) is 5.48. The predicted octanol–water partition coefficient (Wildman–Crippen LogP) is 4.73. The molecule has 5 heteroatoms. The second-order valence-electron chi connectivity index (χ2n) is 4.81. The Balaban J connectivity index is 2.30. The van der Waals surface area contributed by atoms with Crippen molar-refractivity contribution < 1.29 is 4.74 Å². The van der Waals surface area contributed by atoms with E-state index in [1.54, 1.807) is 7.11 Å². The van der Waals surface area contributed by atoms with Crippen molar-refractivity contribution in [1.82, 2.24) is 9.55 Å². The molecule has 0 bridgehead atoms. The second kappa shape index (κ2) is 5.58. The van der Waals surface area contributed by atoms with Crippen molar-refractivity contribution in [3.05, 3.63) is 52.8 Å². The van der Waals surface area contributed by atoms with Crippen molar-refractivity contribution in [2.75, 3.05) is 7.11 Å². The van der Waals surface area contributed by atoms with Crippen LogP contribution >= 0.6 is 23.2 Å². The molecule has 3 rings (SSSR count). The van der Waals surface area contributed by atoms with Gasteiger partial charge < -0.3 is 4.74 Å². The summed E-state index contributed by atoms with van der Waals surface area (Å²) in [6.45, 7) is 2.06. The average molecular weight is 321 g/mol. The molecular weight excluding hydrogens is 307 g/mol. The number of methoxy groups -OCH3 is 1. The minimum Gasteiger partial charge on any atom is -0.495 e. The quantitative estimate of drug-likeness (QED) is 0.652. The smallest absolute Gasteiger partial charge is 0.139 e. The van der Waals surface area contributed by atoms with Crippen LogP contribution in [0.4, 0.5) is 0 Å². The van der Waals surface area contributed by atoms with Gasteiger partial charge in [0.15, 0.2) is 0 Å². The van der Waals surface area contributed by atoms with E-state index in [1.807, 2.05) is 34.9 Å². The fourth-order valence-corrected chi connectivity index (χ4v) is 2.77. The van der Waals surface area contributed by atoms with E-state index in [0.717, 1.165) is 22.5 Å². The number of fused-ring (bicyclic) bond motifs is 1. The van der Waals surface area contributed by atoms with Crippen LogP contribution in [0.5, 0.6) is 5.75 Å². The van der Waals surface area contributed by atoms with Gasteiger partial charge in [-0.15, -0.1) is 11.6 Å². The van der Waals surface area contributed by atoms with Crippen molar-refractivity contribution in [3.63, 3.8) is 0 Å². The van der Waals surface area contributed by atoms with Gasteiger partial charge in [-0.25, -0.2) is 4.98 Å². The summed E-state index contributed by atoms with van der Waals surface area (Å²) in [7, 11) is 1.60. The molecule has 1 heterocycles. The fourth-order valence-electron chi connectivity index (χ4n) is 2.40. The Morgan fingerprint density at radius 3 is 2.71 bits per heavy atom. The summed E-state index contributed by atoms with van der Waals surface area (Å²) < 4.78 is 7.33. The molecule has 0 aliphatic carbocycles. The van der Waals surface area contributed by atoms with Crippen LogP contribution < -0.4 is 4.74 Å². The molecule has 1 aromatic heterocycles. The van der Waals surface area contributed by atoms with Crippen LogP contribution in [0, 0.1) is 6.92 Å². The summed E-state index contributed by atoms with van der Waals surface area (Å²) >= 11 is 12.2. The Morgan fingerprint density at radius 1 is 1.19 bits per heavy atom. The topological polar surface area (TPSA) is 27.1 Å². The molecule has 0 spiro atoms. The van der Waals surface area contributed by atoms with Crippen LogP contribution in [0.25, 0.3) is 16.7 Å². The molecule has 0 saturated heterocycles. The van der Waals surface area contributed by atoms with Crippen LogP contribution in [-0.4, -0.2) is 16.7 Å². The van der Waals surface area contributed by atoms with Crippen LogP contribution in [0.1, 0.15) is 11.4 Å². The van der Waals surface area contributed by atoms with Gasteiger partial charge in [0.1, 0.15) is 11.6 Å². The van der Waals surface area contributed by atoms with E-state index in [1.165, 1.54) is 5.56 Å². The molecule has 3 aromatic rings. The van der Waals surface area contributed by atoms with Crippen molar-refractivity contribution >= 4 is 34.2 Å². The number of nitrogens with zero attached hydrogens (tertiary/aromatic N) is 2. The molecule has 0 aliphatic rings. The van der Waals surface area contributed by atoms with Gasteiger partial charge >= 0.3 is 0 Å². The van der Waals surface area contributed by atoms with E-state index in [0.29, 0.717) is 16.7 Å².